The lowest BCUT2D eigenvalue weighted by Gasteiger charge is -2.22. The Morgan fingerprint density at radius 1 is 1.28 bits per heavy atom. The zero-order valence-electron chi connectivity index (χ0n) is 11.1. The van der Waals surface area contributed by atoms with Crippen molar-refractivity contribution in [2.24, 2.45) is 5.41 Å². The Morgan fingerprint density at radius 2 is 2.00 bits per heavy atom. The van der Waals surface area contributed by atoms with Crippen molar-refractivity contribution < 1.29 is 0 Å². The number of nitrogens with zero attached hydrogens (tertiary/aromatic N) is 1. The van der Waals surface area contributed by atoms with Crippen molar-refractivity contribution in [3.05, 3.63) is 35.9 Å². The molecule has 96 valence electrons. The molecule has 2 aromatic rings. The van der Waals surface area contributed by atoms with Crippen molar-refractivity contribution >= 4 is 28.3 Å². The van der Waals surface area contributed by atoms with Crippen LogP contribution in [0.3, 0.4) is 0 Å². The van der Waals surface area contributed by atoms with Crippen LogP contribution in [-0.4, -0.2) is 17.4 Å². The number of para-hydroxylation sites is 1. The van der Waals surface area contributed by atoms with Gasteiger partial charge in [0.2, 0.25) is 0 Å². The highest BCUT2D eigenvalue weighted by molar-refractivity contribution is 6.18. The molecule has 0 atom stereocenters. The van der Waals surface area contributed by atoms with Crippen LogP contribution in [0.25, 0.3) is 10.9 Å². The standard InChI is InChI=1S/C15H19ClN2/c1-11-8-12-6-4-5-7-13(12)18-14(11)17-10-15(2,3)9-16/h4-8H,9-10H2,1-3H3,(H,17,18). The van der Waals surface area contributed by atoms with Gasteiger partial charge in [0.1, 0.15) is 5.82 Å². The summed E-state index contributed by atoms with van der Waals surface area (Å²) in [6, 6.07) is 10.3. The minimum Gasteiger partial charge on any atom is -0.369 e. The third-order valence-corrected chi connectivity index (χ3v) is 3.73. The van der Waals surface area contributed by atoms with Crippen LogP contribution in [-0.2, 0) is 0 Å². The van der Waals surface area contributed by atoms with E-state index < -0.39 is 0 Å². The van der Waals surface area contributed by atoms with Gasteiger partial charge in [-0.1, -0.05) is 32.0 Å². The van der Waals surface area contributed by atoms with E-state index in [1.54, 1.807) is 0 Å². The second kappa shape index (κ2) is 5.15. The monoisotopic (exact) mass is 262 g/mol. The normalized spacial score (nSPS) is 11.8. The fraction of sp³-hybridized carbons (Fsp3) is 0.400. The van der Waals surface area contributed by atoms with Gasteiger partial charge in [0, 0.05) is 17.8 Å². The second-order valence-corrected chi connectivity index (χ2v) is 5.77. The lowest BCUT2D eigenvalue weighted by atomic mass is 9.96. The first kappa shape index (κ1) is 13.2. The predicted molar refractivity (Wildman–Crippen MR) is 79.5 cm³/mol. The zero-order chi connectivity index (χ0) is 13.2. The lowest BCUT2D eigenvalue weighted by molar-refractivity contribution is 0.449. The number of alkyl halides is 1. The van der Waals surface area contributed by atoms with Crippen molar-refractivity contribution in [1.82, 2.24) is 4.98 Å². The van der Waals surface area contributed by atoms with E-state index in [4.69, 9.17) is 11.6 Å². The summed E-state index contributed by atoms with van der Waals surface area (Å²) < 4.78 is 0. The molecule has 1 aromatic heterocycles. The van der Waals surface area contributed by atoms with E-state index in [0.29, 0.717) is 5.88 Å². The van der Waals surface area contributed by atoms with Crippen molar-refractivity contribution in [2.45, 2.75) is 20.8 Å². The molecule has 2 rings (SSSR count). The number of rotatable bonds is 4. The van der Waals surface area contributed by atoms with Gasteiger partial charge in [0.05, 0.1) is 5.52 Å². The van der Waals surface area contributed by atoms with E-state index in [0.717, 1.165) is 17.9 Å². The largest absolute Gasteiger partial charge is 0.369 e. The number of aromatic nitrogens is 1. The van der Waals surface area contributed by atoms with Gasteiger partial charge in [-0.2, -0.15) is 0 Å². The van der Waals surface area contributed by atoms with Crippen LogP contribution in [0.4, 0.5) is 5.82 Å². The molecule has 0 unspecified atom stereocenters. The number of hydrogen-bond acceptors (Lipinski definition) is 2. The van der Waals surface area contributed by atoms with E-state index in [2.05, 4.69) is 43.2 Å². The van der Waals surface area contributed by atoms with Crippen LogP contribution >= 0.6 is 11.6 Å². The maximum Gasteiger partial charge on any atom is 0.129 e. The van der Waals surface area contributed by atoms with Gasteiger partial charge in [-0.05, 0) is 30.0 Å². The number of anilines is 1. The minimum atomic E-state index is 0.0708. The molecule has 1 heterocycles. The molecule has 1 aromatic carbocycles. The van der Waals surface area contributed by atoms with Gasteiger partial charge >= 0.3 is 0 Å². The minimum absolute atomic E-state index is 0.0708. The highest BCUT2D eigenvalue weighted by atomic mass is 35.5. The summed E-state index contributed by atoms with van der Waals surface area (Å²) in [7, 11) is 0. The van der Waals surface area contributed by atoms with Crippen LogP contribution in [0.15, 0.2) is 30.3 Å². The molecule has 0 saturated carbocycles. The third-order valence-electron chi connectivity index (χ3n) is 3.01. The third kappa shape index (κ3) is 2.94. The predicted octanol–water partition coefficient (Wildman–Crippen LogP) is 4.22. The maximum absolute atomic E-state index is 5.93. The summed E-state index contributed by atoms with van der Waals surface area (Å²) >= 11 is 5.93. The van der Waals surface area contributed by atoms with Crippen LogP contribution in [0, 0.1) is 12.3 Å². The molecule has 18 heavy (non-hydrogen) atoms. The van der Waals surface area contributed by atoms with Crippen LogP contribution in [0.1, 0.15) is 19.4 Å². The molecule has 0 spiro atoms. The zero-order valence-corrected chi connectivity index (χ0v) is 11.9. The van der Waals surface area contributed by atoms with Gasteiger partial charge in [-0.25, -0.2) is 4.98 Å². The number of halogens is 1. The summed E-state index contributed by atoms with van der Waals surface area (Å²) in [5.41, 5.74) is 2.26. The number of benzene rings is 1. The van der Waals surface area contributed by atoms with Crippen LogP contribution in [0.5, 0.6) is 0 Å². The molecule has 0 aliphatic heterocycles. The lowest BCUT2D eigenvalue weighted by Crippen LogP contribution is -2.25. The Kier molecular flexibility index (Phi) is 3.76. The first-order valence-electron chi connectivity index (χ1n) is 6.18. The van der Waals surface area contributed by atoms with Crippen molar-refractivity contribution in [1.29, 1.82) is 0 Å². The molecule has 0 radical (unpaired) electrons. The fourth-order valence-corrected chi connectivity index (χ4v) is 1.87. The first-order chi connectivity index (χ1) is 8.52. The molecule has 3 heteroatoms. The highest BCUT2D eigenvalue weighted by Crippen LogP contribution is 2.22. The average molecular weight is 263 g/mol. The van der Waals surface area contributed by atoms with Gasteiger partial charge < -0.3 is 5.32 Å². The first-order valence-corrected chi connectivity index (χ1v) is 6.71. The Morgan fingerprint density at radius 3 is 2.72 bits per heavy atom. The van der Waals surface area contributed by atoms with Crippen molar-refractivity contribution in [2.75, 3.05) is 17.7 Å². The maximum atomic E-state index is 5.93. The quantitative estimate of drug-likeness (QED) is 0.835. The fourth-order valence-electron chi connectivity index (χ4n) is 1.77. The molecule has 2 nitrogen and oxygen atoms in total. The number of hydrogen-bond donors (Lipinski definition) is 1. The molecular formula is C15H19ClN2. The van der Waals surface area contributed by atoms with Crippen molar-refractivity contribution in [3.63, 3.8) is 0 Å². The average Bonchev–Trinajstić information content (AvgIpc) is 2.36. The molecule has 0 bridgehead atoms. The topological polar surface area (TPSA) is 24.9 Å². The molecular weight excluding hydrogens is 244 g/mol. The summed E-state index contributed by atoms with van der Waals surface area (Å²) in [5.74, 6) is 1.58. The highest BCUT2D eigenvalue weighted by Gasteiger charge is 2.16. The second-order valence-electron chi connectivity index (χ2n) is 5.50. The molecule has 0 saturated heterocycles. The van der Waals surface area contributed by atoms with E-state index >= 15 is 0 Å². The van der Waals surface area contributed by atoms with Crippen molar-refractivity contribution in [3.8, 4) is 0 Å². The van der Waals surface area contributed by atoms with E-state index in [1.165, 1.54) is 10.9 Å². The summed E-state index contributed by atoms with van der Waals surface area (Å²) in [6.45, 7) is 7.19. The summed E-state index contributed by atoms with van der Waals surface area (Å²) in [6.07, 6.45) is 0. The van der Waals surface area contributed by atoms with Gasteiger partial charge in [-0.15, -0.1) is 11.6 Å². The van der Waals surface area contributed by atoms with E-state index in [9.17, 15) is 0 Å². The van der Waals surface area contributed by atoms with Gasteiger partial charge in [-0.3, -0.25) is 0 Å². The number of aryl methyl sites for hydroxylation is 1. The van der Waals surface area contributed by atoms with E-state index in [1.807, 2.05) is 18.2 Å². The van der Waals surface area contributed by atoms with Crippen LogP contribution in [0.2, 0.25) is 0 Å². The Balaban J connectivity index is 2.25. The Labute approximate surface area is 113 Å². The summed E-state index contributed by atoms with van der Waals surface area (Å²) in [4.78, 5) is 4.66. The molecule has 0 aliphatic carbocycles. The molecule has 1 N–H and O–H groups in total. The Bertz CT molecular complexity index is 549. The number of fused-ring (bicyclic) bond motifs is 1. The SMILES string of the molecule is Cc1cc2ccccc2nc1NCC(C)(C)CCl. The number of pyridine rings is 1. The molecule has 0 aliphatic rings. The molecule has 0 fully saturated rings. The van der Waals surface area contributed by atoms with Gasteiger partial charge in [0.25, 0.3) is 0 Å². The smallest absolute Gasteiger partial charge is 0.129 e. The van der Waals surface area contributed by atoms with E-state index in [-0.39, 0.29) is 5.41 Å². The summed E-state index contributed by atoms with van der Waals surface area (Å²) in [5, 5.41) is 4.58. The molecule has 0 amide bonds. The Hall–Kier alpha value is -1.28. The van der Waals surface area contributed by atoms with Gasteiger partial charge in [0.15, 0.2) is 0 Å². The number of nitrogens with one attached hydrogen (secondary N) is 1. The van der Waals surface area contributed by atoms with Crippen LogP contribution < -0.4 is 5.32 Å².